The zero-order chi connectivity index (χ0) is 17.8. The second kappa shape index (κ2) is 7.30. The molecule has 5 heteroatoms. The van der Waals surface area contributed by atoms with E-state index in [-0.39, 0.29) is 11.7 Å². The van der Waals surface area contributed by atoms with E-state index in [0.29, 0.717) is 24.5 Å². The van der Waals surface area contributed by atoms with Gasteiger partial charge in [-0.15, -0.1) is 0 Å². The number of likely N-dealkylation sites (N-methyl/N-ethyl adjacent to an activating group) is 1. The van der Waals surface area contributed by atoms with Crippen molar-refractivity contribution in [3.8, 4) is 11.5 Å². The van der Waals surface area contributed by atoms with Crippen molar-refractivity contribution in [3.05, 3.63) is 59.9 Å². The number of nitrogens with zero attached hydrogens (tertiary/aromatic N) is 1. The number of amides is 1. The molecule has 0 aliphatic heterocycles. The van der Waals surface area contributed by atoms with Crippen LogP contribution in [0.3, 0.4) is 0 Å². The summed E-state index contributed by atoms with van der Waals surface area (Å²) in [6.07, 6.45) is 0. The number of ether oxygens (including phenoxy) is 2. The molecule has 0 saturated heterocycles. The van der Waals surface area contributed by atoms with Gasteiger partial charge in [0.15, 0.2) is 17.1 Å². The van der Waals surface area contributed by atoms with E-state index < -0.39 is 0 Å². The molecule has 0 aliphatic carbocycles. The van der Waals surface area contributed by atoms with Gasteiger partial charge < -0.3 is 18.8 Å². The smallest absolute Gasteiger partial charge is 0.289 e. The third kappa shape index (κ3) is 3.60. The fourth-order valence-corrected chi connectivity index (χ4v) is 2.60. The number of methoxy groups -OCH3 is 1. The van der Waals surface area contributed by atoms with E-state index in [2.05, 4.69) is 0 Å². The van der Waals surface area contributed by atoms with Crippen molar-refractivity contribution in [2.24, 2.45) is 0 Å². The number of carbonyl (C=O) groups excluding carboxylic acids is 1. The van der Waals surface area contributed by atoms with Crippen LogP contribution in [0.5, 0.6) is 11.5 Å². The van der Waals surface area contributed by atoms with E-state index in [1.807, 2.05) is 43.3 Å². The van der Waals surface area contributed by atoms with Crippen molar-refractivity contribution in [2.45, 2.75) is 6.92 Å². The highest BCUT2D eigenvalue weighted by atomic mass is 16.5. The van der Waals surface area contributed by atoms with Crippen LogP contribution in [0.15, 0.2) is 52.9 Å². The average molecular weight is 339 g/mol. The molecule has 0 radical (unpaired) electrons. The molecule has 25 heavy (non-hydrogen) atoms. The van der Waals surface area contributed by atoms with Crippen molar-refractivity contribution in [2.75, 3.05) is 27.3 Å². The number of fused-ring (bicyclic) bond motifs is 1. The topological polar surface area (TPSA) is 51.9 Å². The number of hydrogen-bond acceptors (Lipinski definition) is 4. The zero-order valence-electron chi connectivity index (χ0n) is 14.6. The summed E-state index contributed by atoms with van der Waals surface area (Å²) in [4.78, 5) is 14.1. The van der Waals surface area contributed by atoms with Crippen LogP contribution in [-0.4, -0.2) is 38.1 Å². The van der Waals surface area contributed by atoms with Crippen molar-refractivity contribution in [1.82, 2.24) is 4.90 Å². The van der Waals surface area contributed by atoms with Gasteiger partial charge in [-0.3, -0.25) is 4.79 Å². The minimum atomic E-state index is -0.188. The lowest BCUT2D eigenvalue weighted by Crippen LogP contribution is -2.30. The summed E-state index contributed by atoms with van der Waals surface area (Å²) in [6, 6.07) is 15.1. The Morgan fingerprint density at radius 3 is 2.64 bits per heavy atom. The molecule has 3 aromatic rings. The Bertz CT molecular complexity index is 884. The fraction of sp³-hybridized carbons (Fsp3) is 0.250. The van der Waals surface area contributed by atoms with Gasteiger partial charge in [0.05, 0.1) is 13.7 Å². The van der Waals surface area contributed by atoms with Crippen LogP contribution in [0.1, 0.15) is 16.1 Å². The Kier molecular flexibility index (Phi) is 4.93. The van der Waals surface area contributed by atoms with Gasteiger partial charge in [0.2, 0.25) is 0 Å². The summed E-state index contributed by atoms with van der Waals surface area (Å²) in [5.74, 6) is 1.54. The standard InChI is InChI=1S/C20H21NO4/c1-14-7-4-5-9-16(14)24-12-11-21(2)20(22)18-13-15-8-6-10-17(23-3)19(15)25-18/h4-10,13H,11-12H2,1-3H3. The van der Waals surface area contributed by atoms with Crippen molar-refractivity contribution >= 4 is 16.9 Å². The Morgan fingerprint density at radius 2 is 1.88 bits per heavy atom. The van der Waals surface area contributed by atoms with E-state index in [9.17, 15) is 4.79 Å². The molecule has 1 aromatic heterocycles. The number of hydrogen-bond donors (Lipinski definition) is 0. The van der Waals surface area contributed by atoms with Gasteiger partial charge in [-0.25, -0.2) is 0 Å². The molecular weight excluding hydrogens is 318 g/mol. The number of aryl methyl sites for hydroxylation is 1. The maximum atomic E-state index is 12.6. The van der Waals surface area contributed by atoms with E-state index in [1.54, 1.807) is 31.2 Å². The predicted molar refractivity (Wildman–Crippen MR) is 96.4 cm³/mol. The molecule has 0 bridgehead atoms. The molecule has 3 rings (SSSR count). The molecular formula is C20H21NO4. The van der Waals surface area contributed by atoms with Crippen LogP contribution in [0, 0.1) is 6.92 Å². The first-order valence-corrected chi connectivity index (χ1v) is 8.10. The normalized spacial score (nSPS) is 10.7. The molecule has 0 spiro atoms. The quantitative estimate of drug-likeness (QED) is 0.683. The van der Waals surface area contributed by atoms with Crippen LogP contribution in [0.4, 0.5) is 0 Å². The lowest BCUT2D eigenvalue weighted by atomic mass is 10.2. The van der Waals surface area contributed by atoms with Crippen LogP contribution in [0.25, 0.3) is 11.0 Å². The summed E-state index contributed by atoms with van der Waals surface area (Å²) in [5, 5.41) is 0.840. The third-order valence-electron chi connectivity index (χ3n) is 4.06. The Labute approximate surface area is 146 Å². The molecule has 1 amide bonds. The van der Waals surface area contributed by atoms with Gasteiger partial charge in [0.25, 0.3) is 5.91 Å². The van der Waals surface area contributed by atoms with E-state index in [0.717, 1.165) is 16.7 Å². The van der Waals surface area contributed by atoms with Crippen LogP contribution < -0.4 is 9.47 Å². The fourth-order valence-electron chi connectivity index (χ4n) is 2.60. The molecule has 5 nitrogen and oxygen atoms in total. The molecule has 0 N–H and O–H groups in total. The molecule has 0 saturated carbocycles. The number of furan rings is 1. The summed E-state index contributed by atoms with van der Waals surface area (Å²) < 4.78 is 16.7. The molecule has 0 atom stereocenters. The van der Waals surface area contributed by atoms with E-state index in [1.165, 1.54) is 0 Å². The molecule has 1 heterocycles. The first-order valence-electron chi connectivity index (χ1n) is 8.10. The minimum Gasteiger partial charge on any atom is -0.493 e. The van der Waals surface area contributed by atoms with Gasteiger partial charge in [-0.2, -0.15) is 0 Å². The van der Waals surface area contributed by atoms with Gasteiger partial charge in [0.1, 0.15) is 12.4 Å². The van der Waals surface area contributed by atoms with Gasteiger partial charge in [0, 0.05) is 12.4 Å². The first-order chi connectivity index (χ1) is 12.1. The highest BCUT2D eigenvalue weighted by Gasteiger charge is 2.18. The Balaban J connectivity index is 1.65. The zero-order valence-corrected chi connectivity index (χ0v) is 14.6. The lowest BCUT2D eigenvalue weighted by Gasteiger charge is -2.16. The minimum absolute atomic E-state index is 0.188. The molecule has 130 valence electrons. The summed E-state index contributed by atoms with van der Waals surface area (Å²) in [7, 11) is 3.31. The molecule has 0 unspecified atom stereocenters. The second-order valence-electron chi connectivity index (χ2n) is 5.83. The summed E-state index contributed by atoms with van der Waals surface area (Å²) in [5.41, 5.74) is 1.65. The van der Waals surface area contributed by atoms with Crippen molar-refractivity contribution in [3.63, 3.8) is 0 Å². The lowest BCUT2D eigenvalue weighted by molar-refractivity contribution is 0.0744. The predicted octanol–water partition coefficient (Wildman–Crippen LogP) is 3.90. The maximum Gasteiger partial charge on any atom is 0.289 e. The van der Waals surface area contributed by atoms with Crippen LogP contribution in [0.2, 0.25) is 0 Å². The maximum absolute atomic E-state index is 12.6. The Morgan fingerprint density at radius 1 is 1.12 bits per heavy atom. The van der Waals surface area contributed by atoms with Crippen molar-refractivity contribution in [1.29, 1.82) is 0 Å². The SMILES string of the molecule is COc1cccc2cc(C(=O)N(C)CCOc3ccccc3C)oc12. The van der Waals surface area contributed by atoms with Gasteiger partial charge >= 0.3 is 0 Å². The van der Waals surface area contributed by atoms with Gasteiger partial charge in [-0.1, -0.05) is 30.3 Å². The number of para-hydroxylation sites is 2. The van der Waals surface area contributed by atoms with E-state index >= 15 is 0 Å². The van der Waals surface area contributed by atoms with Crippen LogP contribution >= 0.6 is 0 Å². The first kappa shape index (κ1) is 16.9. The average Bonchev–Trinajstić information content (AvgIpc) is 3.06. The molecule has 0 fully saturated rings. The number of rotatable bonds is 6. The third-order valence-corrected chi connectivity index (χ3v) is 4.06. The number of benzene rings is 2. The van der Waals surface area contributed by atoms with Gasteiger partial charge in [-0.05, 0) is 30.7 Å². The van der Waals surface area contributed by atoms with E-state index in [4.69, 9.17) is 13.9 Å². The molecule has 2 aromatic carbocycles. The Hall–Kier alpha value is -2.95. The van der Waals surface area contributed by atoms with Crippen molar-refractivity contribution < 1.29 is 18.7 Å². The second-order valence-corrected chi connectivity index (χ2v) is 5.83. The largest absolute Gasteiger partial charge is 0.493 e. The highest BCUT2D eigenvalue weighted by Crippen LogP contribution is 2.28. The summed E-state index contributed by atoms with van der Waals surface area (Å²) >= 11 is 0. The molecule has 0 aliphatic rings. The summed E-state index contributed by atoms with van der Waals surface area (Å²) in [6.45, 7) is 2.87. The number of carbonyl (C=O) groups is 1. The highest BCUT2D eigenvalue weighted by molar-refractivity contribution is 5.97. The monoisotopic (exact) mass is 339 g/mol. The van der Waals surface area contributed by atoms with Crippen LogP contribution in [-0.2, 0) is 0 Å².